The Labute approximate surface area is 340 Å². The lowest BCUT2D eigenvalue weighted by Crippen LogP contribution is -2.35. The monoisotopic (exact) mass is 800 g/mol. The Morgan fingerprint density at radius 2 is 0.983 bits per heavy atom. The van der Waals surface area contributed by atoms with Gasteiger partial charge in [-0.15, -0.1) is 12.8 Å². The molecule has 0 atom stereocenters. The first-order chi connectivity index (χ1) is 27.5. The molecule has 58 heavy (non-hydrogen) atoms. The fourth-order valence-electron chi connectivity index (χ4n) is 5.95. The Kier molecular flexibility index (Phi) is 18.1. The van der Waals surface area contributed by atoms with E-state index in [9.17, 15) is 27.2 Å². The zero-order chi connectivity index (χ0) is 42.9. The Morgan fingerprint density at radius 3 is 1.31 bits per heavy atom. The number of fused-ring (bicyclic) bond motifs is 1. The van der Waals surface area contributed by atoms with Gasteiger partial charge in [0, 0.05) is 48.6 Å². The van der Waals surface area contributed by atoms with E-state index in [1.165, 1.54) is 0 Å². The quantitative estimate of drug-likeness (QED) is 0.115. The second-order valence-electron chi connectivity index (χ2n) is 15.9. The van der Waals surface area contributed by atoms with Gasteiger partial charge in [0.05, 0.1) is 25.5 Å². The number of aromatic nitrogens is 4. The van der Waals surface area contributed by atoms with Crippen molar-refractivity contribution in [1.29, 1.82) is 0 Å². The number of imidazole rings is 2. The number of amides is 2. The lowest BCUT2D eigenvalue weighted by atomic mass is 9.86. The van der Waals surface area contributed by atoms with E-state index in [4.69, 9.17) is 0 Å². The molecular weight excluding hydrogens is 745 g/mol. The molecule has 2 fully saturated rings. The summed E-state index contributed by atoms with van der Waals surface area (Å²) in [6.07, 6.45) is 10.9. The third-order valence-corrected chi connectivity index (χ3v) is 8.82. The predicted octanol–water partition coefficient (Wildman–Crippen LogP) is 9.54. The number of hydrogen-bond donors (Lipinski definition) is 4. The van der Waals surface area contributed by atoms with Crippen LogP contribution in [0.15, 0.2) is 48.8 Å². The molecule has 4 N–H and O–H groups in total. The first kappa shape index (κ1) is 46.8. The van der Waals surface area contributed by atoms with Crippen LogP contribution in [0.25, 0.3) is 10.8 Å². The van der Waals surface area contributed by atoms with Gasteiger partial charge in [-0.05, 0) is 84.4 Å². The number of rotatable bonds is 6. The Bertz CT molecular complexity index is 1920. The highest BCUT2D eigenvalue weighted by atomic mass is 19.3. The normalized spacial score (nSPS) is 15.8. The van der Waals surface area contributed by atoms with Gasteiger partial charge in [0.15, 0.2) is 0 Å². The molecule has 0 spiro atoms. The molecular formula is C46H56F4N6O2. The van der Waals surface area contributed by atoms with E-state index >= 15 is 0 Å². The van der Waals surface area contributed by atoms with Crippen LogP contribution in [-0.2, 0) is 22.7 Å². The van der Waals surface area contributed by atoms with Gasteiger partial charge in [0.2, 0.25) is 23.7 Å². The van der Waals surface area contributed by atoms with Crippen LogP contribution in [0.1, 0.15) is 127 Å². The standard InChI is InChI=1S/C36H34F4N6O2.2C4H10.C2H2/c37-35(38)13-9-25(10-14-35)33(47)43-21-31-41-19-29(45-31)7-3-23-1-5-27-18-24(2-6-28(27)17-23)4-8-30-20-42-32(46-30)22-44-34(48)26-11-15-36(39,40)16-12-26;2*1-4(2)3;1-2/h1-2,5-6,17-20,25-26H,9-16,21-22H2,(H,41,45)(H,42,46)(H,43,47)(H,44,48);2*4H,1-3H3;1-2H. The highest BCUT2D eigenvalue weighted by molar-refractivity contribution is 5.85. The van der Waals surface area contributed by atoms with Crippen molar-refractivity contribution in [2.45, 2.75) is 118 Å². The number of nitrogens with zero attached hydrogens (tertiary/aromatic N) is 2. The van der Waals surface area contributed by atoms with Gasteiger partial charge in [-0.3, -0.25) is 9.59 Å². The van der Waals surface area contributed by atoms with Gasteiger partial charge in [0.25, 0.3) is 0 Å². The molecule has 2 amide bonds. The Balaban J connectivity index is 0.000000814. The first-order valence-electron chi connectivity index (χ1n) is 19.8. The summed E-state index contributed by atoms with van der Waals surface area (Å²) in [5, 5.41) is 7.53. The summed E-state index contributed by atoms with van der Waals surface area (Å²) in [5.74, 6) is 8.46. The fourth-order valence-corrected chi connectivity index (χ4v) is 5.95. The molecule has 310 valence electrons. The van der Waals surface area contributed by atoms with E-state index < -0.39 is 23.7 Å². The van der Waals surface area contributed by atoms with Crippen LogP contribution in [0.3, 0.4) is 0 Å². The van der Waals surface area contributed by atoms with E-state index in [0.29, 0.717) is 23.0 Å². The third-order valence-electron chi connectivity index (χ3n) is 8.82. The van der Waals surface area contributed by atoms with Crippen molar-refractivity contribution in [2.24, 2.45) is 23.7 Å². The van der Waals surface area contributed by atoms with Crippen LogP contribution in [-0.4, -0.2) is 43.6 Å². The smallest absolute Gasteiger partial charge is 0.248 e. The summed E-state index contributed by atoms with van der Waals surface area (Å²) in [5.41, 5.74) is 2.78. The van der Waals surface area contributed by atoms with Crippen molar-refractivity contribution >= 4 is 22.6 Å². The highest BCUT2D eigenvalue weighted by Crippen LogP contribution is 2.37. The van der Waals surface area contributed by atoms with Gasteiger partial charge < -0.3 is 20.6 Å². The topological polar surface area (TPSA) is 116 Å². The molecule has 2 heterocycles. The molecule has 0 bridgehead atoms. The number of halogens is 4. The van der Waals surface area contributed by atoms with Crippen molar-refractivity contribution in [3.8, 4) is 36.5 Å². The van der Waals surface area contributed by atoms with Crippen LogP contribution in [0, 0.1) is 60.2 Å². The van der Waals surface area contributed by atoms with Crippen molar-refractivity contribution in [2.75, 3.05) is 0 Å². The summed E-state index contributed by atoms with van der Waals surface area (Å²) in [4.78, 5) is 39.4. The largest absolute Gasteiger partial charge is 0.349 e. The van der Waals surface area contributed by atoms with Crippen molar-refractivity contribution in [3.63, 3.8) is 0 Å². The average molecular weight is 801 g/mol. The molecule has 2 aliphatic rings. The number of hydrogen-bond acceptors (Lipinski definition) is 4. The summed E-state index contributed by atoms with van der Waals surface area (Å²) >= 11 is 0. The number of alkyl halides is 4. The van der Waals surface area contributed by atoms with Crippen LogP contribution in [0.2, 0.25) is 0 Å². The van der Waals surface area contributed by atoms with Crippen LogP contribution in [0.4, 0.5) is 17.6 Å². The molecule has 2 aromatic carbocycles. The number of H-pyrrole nitrogens is 2. The third kappa shape index (κ3) is 16.5. The second kappa shape index (κ2) is 22.4. The highest BCUT2D eigenvalue weighted by Gasteiger charge is 2.38. The molecule has 0 aliphatic heterocycles. The molecule has 4 aromatic rings. The predicted molar refractivity (Wildman–Crippen MR) is 222 cm³/mol. The van der Waals surface area contributed by atoms with Gasteiger partial charge in [-0.25, -0.2) is 27.5 Å². The van der Waals surface area contributed by atoms with E-state index in [1.807, 2.05) is 36.4 Å². The minimum absolute atomic E-state index is 0.169. The second-order valence-corrected chi connectivity index (χ2v) is 15.9. The molecule has 0 saturated heterocycles. The van der Waals surface area contributed by atoms with Crippen LogP contribution in [0.5, 0.6) is 0 Å². The van der Waals surface area contributed by atoms with Gasteiger partial charge in [-0.2, -0.15) is 0 Å². The van der Waals surface area contributed by atoms with Gasteiger partial charge >= 0.3 is 0 Å². The Morgan fingerprint density at radius 1 is 0.655 bits per heavy atom. The molecule has 0 radical (unpaired) electrons. The van der Waals surface area contributed by atoms with Crippen molar-refractivity contribution in [1.82, 2.24) is 30.6 Å². The van der Waals surface area contributed by atoms with Gasteiger partial charge in [-0.1, -0.05) is 65.5 Å². The molecule has 2 aliphatic carbocycles. The maximum atomic E-state index is 13.4. The summed E-state index contributed by atoms with van der Waals surface area (Å²) in [6, 6.07) is 11.7. The lowest BCUT2D eigenvalue weighted by Gasteiger charge is -2.27. The average Bonchev–Trinajstić information content (AvgIpc) is 3.84. The zero-order valence-corrected chi connectivity index (χ0v) is 34.4. The fraction of sp³-hybridized carbons (Fsp3) is 0.478. The van der Waals surface area contributed by atoms with E-state index in [1.54, 1.807) is 12.4 Å². The number of carbonyl (C=O) groups excluding carboxylic acids is 2. The molecule has 2 saturated carbocycles. The van der Waals surface area contributed by atoms with Crippen molar-refractivity contribution < 1.29 is 27.2 Å². The minimum Gasteiger partial charge on any atom is -0.349 e. The van der Waals surface area contributed by atoms with E-state index in [2.05, 4.69) is 109 Å². The van der Waals surface area contributed by atoms with Gasteiger partial charge in [0.1, 0.15) is 23.0 Å². The first-order valence-corrected chi connectivity index (χ1v) is 19.8. The molecule has 8 nitrogen and oxygen atoms in total. The number of benzene rings is 2. The molecule has 6 rings (SSSR count). The van der Waals surface area contributed by atoms with Crippen molar-refractivity contribution in [3.05, 3.63) is 83.0 Å². The van der Waals surface area contributed by atoms with E-state index in [0.717, 1.165) is 33.7 Å². The summed E-state index contributed by atoms with van der Waals surface area (Å²) in [7, 11) is 0. The Hall–Kier alpha value is -5.54. The zero-order valence-electron chi connectivity index (χ0n) is 34.4. The number of terminal acetylenes is 1. The number of carbonyl (C=O) groups is 2. The minimum atomic E-state index is -2.67. The summed E-state index contributed by atoms with van der Waals surface area (Å²) < 4.78 is 53.5. The molecule has 2 aromatic heterocycles. The van der Waals surface area contributed by atoms with Crippen LogP contribution >= 0.6 is 0 Å². The molecule has 12 heteroatoms. The number of nitrogens with one attached hydrogen (secondary N) is 4. The maximum absolute atomic E-state index is 13.4. The maximum Gasteiger partial charge on any atom is 0.248 e. The lowest BCUT2D eigenvalue weighted by molar-refractivity contribution is -0.130. The number of aromatic amines is 2. The summed E-state index contributed by atoms with van der Waals surface area (Å²) in [6.45, 7) is 13.3. The van der Waals surface area contributed by atoms with E-state index in [-0.39, 0.29) is 76.3 Å². The van der Waals surface area contributed by atoms with Crippen LogP contribution < -0.4 is 10.6 Å². The molecule has 0 unspecified atom stereocenters. The SMILES string of the molecule is C#C.CC(C)C.CC(C)C.O=C(NCc1ncc(C#Cc2ccc3cc(C#Cc4cnc(CNC(=O)C5CCC(F)(F)CC5)[nH]4)ccc3c2)[nH]1)C1CCC(F)(F)CC1.